The molecule has 94 valence electrons. The fourth-order valence-corrected chi connectivity index (χ4v) is 2.74. The molecule has 0 spiro atoms. The van der Waals surface area contributed by atoms with Crippen LogP contribution in [0.25, 0.3) is 0 Å². The minimum Gasteiger partial charge on any atom is -0.388 e. The Morgan fingerprint density at radius 1 is 1.38 bits per heavy atom. The third-order valence-corrected chi connectivity index (χ3v) is 3.96. The molecule has 1 unspecified atom stereocenters. The third kappa shape index (κ3) is 3.78. The first-order valence-electron chi connectivity index (χ1n) is 6.61. The van der Waals surface area contributed by atoms with Crippen LogP contribution in [0.2, 0.25) is 0 Å². The van der Waals surface area contributed by atoms with Crippen molar-refractivity contribution in [3.05, 3.63) is 0 Å². The number of nitrogens with two attached hydrogens (primary N) is 1. The van der Waals surface area contributed by atoms with Gasteiger partial charge < -0.3 is 5.73 Å². The number of likely N-dealkylation sites (tertiary alicyclic amines) is 1. The number of piperidine rings is 1. The maximum absolute atomic E-state index is 7.41. The van der Waals surface area contributed by atoms with Crippen LogP contribution >= 0.6 is 0 Å². The van der Waals surface area contributed by atoms with Crippen LogP contribution in [0.15, 0.2) is 0 Å². The predicted molar refractivity (Wildman–Crippen MR) is 69.7 cm³/mol. The summed E-state index contributed by atoms with van der Waals surface area (Å²) in [5, 5.41) is 7.41. The van der Waals surface area contributed by atoms with Gasteiger partial charge in [-0.1, -0.05) is 20.8 Å². The van der Waals surface area contributed by atoms with Gasteiger partial charge in [0.2, 0.25) is 0 Å². The average molecular weight is 225 g/mol. The van der Waals surface area contributed by atoms with Crippen LogP contribution in [0.5, 0.6) is 0 Å². The molecule has 0 aromatic carbocycles. The summed E-state index contributed by atoms with van der Waals surface area (Å²) < 4.78 is 0. The number of rotatable bonds is 5. The number of amidine groups is 1. The molecule has 3 heteroatoms. The van der Waals surface area contributed by atoms with E-state index in [4.69, 9.17) is 11.1 Å². The van der Waals surface area contributed by atoms with Crippen molar-refractivity contribution in [1.82, 2.24) is 4.90 Å². The second-order valence-corrected chi connectivity index (χ2v) is 5.41. The molecule has 1 saturated heterocycles. The second kappa shape index (κ2) is 6.24. The fraction of sp³-hybridized carbons (Fsp3) is 0.923. The topological polar surface area (TPSA) is 53.1 Å². The molecule has 1 rings (SSSR count). The zero-order valence-electron chi connectivity index (χ0n) is 11.0. The van der Waals surface area contributed by atoms with E-state index in [0.29, 0.717) is 11.9 Å². The summed E-state index contributed by atoms with van der Waals surface area (Å²) in [5.41, 5.74) is 5.51. The molecule has 1 atom stereocenters. The minimum absolute atomic E-state index is 0.331. The molecule has 1 fully saturated rings. The molecule has 1 aliphatic rings. The van der Waals surface area contributed by atoms with E-state index in [9.17, 15) is 0 Å². The Morgan fingerprint density at radius 2 is 1.94 bits per heavy atom. The Kier molecular flexibility index (Phi) is 5.26. The Balaban J connectivity index is 2.41. The molecular formula is C13H27N3. The highest BCUT2D eigenvalue weighted by atomic mass is 15.2. The molecule has 3 N–H and O–H groups in total. The first kappa shape index (κ1) is 13.5. The Hall–Kier alpha value is -0.570. The van der Waals surface area contributed by atoms with Crippen LogP contribution in [0.4, 0.5) is 0 Å². The summed E-state index contributed by atoms with van der Waals surface area (Å²) in [7, 11) is 0. The average Bonchev–Trinajstić information content (AvgIpc) is 2.25. The first-order chi connectivity index (χ1) is 7.54. The van der Waals surface area contributed by atoms with Gasteiger partial charge in [-0.3, -0.25) is 10.3 Å². The first-order valence-corrected chi connectivity index (χ1v) is 6.61. The van der Waals surface area contributed by atoms with Gasteiger partial charge in [0.15, 0.2) is 0 Å². The van der Waals surface area contributed by atoms with E-state index in [2.05, 4.69) is 25.7 Å². The molecule has 0 aliphatic carbocycles. The summed E-state index contributed by atoms with van der Waals surface area (Å²) in [6, 6.07) is 0.491. The van der Waals surface area contributed by atoms with Crippen molar-refractivity contribution in [2.45, 2.75) is 52.5 Å². The number of hydrogen-bond acceptors (Lipinski definition) is 2. The van der Waals surface area contributed by atoms with Gasteiger partial charge in [-0.25, -0.2) is 0 Å². The predicted octanol–water partition coefficient (Wildman–Crippen LogP) is 2.46. The lowest BCUT2D eigenvalue weighted by Gasteiger charge is -2.38. The lowest BCUT2D eigenvalue weighted by Crippen LogP contribution is -2.43. The van der Waals surface area contributed by atoms with Gasteiger partial charge in [-0.15, -0.1) is 0 Å². The highest BCUT2D eigenvalue weighted by Crippen LogP contribution is 2.26. The van der Waals surface area contributed by atoms with E-state index in [0.717, 1.165) is 24.7 Å². The second-order valence-electron chi connectivity index (χ2n) is 5.41. The summed E-state index contributed by atoms with van der Waals surface area (Å²) in [5.74, 6) is 2.04. The van der Waals surface area contributed by atoms with Gasteiger partial charge in [-0.2, -0.15) is 0 Å². The SMILES string of the molecule is CCC(CC(=N)N)N1CCC(C(C)C)CC1. The normalized spacial score (nSPS) is 21.2. The van der Waals surface area contributed by atoms with Gasteiger partial charge >= 0.3 is 0 Å². The molecule has 1 heterocycles. The van der Waals surface area contributed by atoms with Crippen molar-refractivity contribution >= 4 is 5.84 Å². The van der Waals surface area contributed by atoms with Gasteiger partial charge in [0, 0.05) is 12.5 Å². The zero-order valence-corrected chi connectivity index (χ0v) is 11.0. The largest absolute Gasteiger partial charge is 0.388 e. The lowest BCUT2D eigenvalue weighted by molar-refractivity contribution is 0.114. The van der Waals surface area contributed by atoms with Crippen molar-refractivity contribution in [2.75, 3.05) is 13.1 Å². The van der Waals surface area contributed by atoms with Crippen LogP contribution < -0.4 is 5.73 Å². The highest BCUT2D eigenvalue weighted by molar-refractivity contribution is 5.77. The molecule has 3 nitrogen and oxygen atoms in total. The number of nitrogens with one attached hydrogen (secondary N) is 1. The molecular weight excluding hydrogens is 198 g/mol. The van der Waals surface area contributed by atoms with Gasteiger partial charge in [0.1, 0.15) is 0 Å². The molecule has 0 radical (unpaired) electrons. The molecule has 0 bridgehead atoms. The van der Waals surface area contributed by atoms with E-state index >= 15 is 0 Å². The fourth-order valence-electron chi connectivity index (χ4n) is 2.74. The standard InChI is InChI=1S/C13H27N3/c1-4-12(9-13(14)15)16-7-5-11(6-8-16)10(2)3/h10-12H,4-9H2,1-3H3,(H3,14,15). The van der Waals surface area contributed by atoms with Crippen molar-refractivity contribution in [2.24, 2.45) is 17.6 Å². The van der Waals surface area contributed by atoms with E-state index in [1.165, 1.54) is 25.9 Å². The molecule has 0 aromatic rings. The Bertz CT molecular complexity index is 217. The van der Waals surface area contributed by atoms with Gasteiger partial charge in [-0.05, 0) is 44.2 Å². The zero-order chi connectivity index (χ0) is 12.1. The lowest BCUT2D eigenvalue weighted by atomic mass is 9.86. The summed E-state index contributed by atoms with van der Waals surface area (Å²) >= 11 is 0. The van der Waals surface area contributed by atoms with Crippen molar-refractivity contribution in [3.8, 4) is 0 Å². The van der Waals surface area contributed by atoms with Gasteiger partial charge in [0.05, 0.1) is 5.84 Å². The third-order valence-electron chi connectivity index (χ3n) is 3.96. The molecule has 1 aliphatic heterocycles. The van der Waals surface area contributed by atoms with Crippen molar-refractivity contribution in [1.29, 1.82) is 5.41 Å². The van der Waals surface area contributed by atoms with Crippen LogP contribution in [-0.2, 0) is 0 Å². The molecule has 0 aromatic heterocycles. The summed E-state index contributed by atoms with van der Waals surface area (Å²) in [4.78, 5) is 2.53. The van der Waals surface area contributed by atoms with Crippen molar-refractivity contribution in [3.63, 3.8) is 0 Å². The smallest absolute Gasteiger partial charge is 0.0921 e. The van der Waals surface area contributed by atoms with Crippen LogP contribution in [0.1, 0.15) is 46.5 Å². The molecule has 16 heavy (non-hydrogen) atoms. The summed E-state index contributed by atoms with van der Waals surface area (Å²) in [6.45, 7) is 9.23. The quantitative estimate of drug-likeness (QED) is 0.558. The van der Waals surface area contributed by atoms with E-state index in [1.807, 2.05) is 0 Å². The number of nitrogens with zero attached hydrogens (tertiary/aromatic N) is 1. The Morgan fingerprint density at radius 3 is 2.31 bits per heavy atom. The summed E-state index contributed by atoms with van der Waals surface area (Å²) in [6.07, 6.45) is 4.47. The van der Waals surface area contributed by atoms with Crippen LogP contribution in [0, 0.1) is 17.2 Å². The van der Waals surface area contributed by atoms with Crippen LogP contribution in [0.3, 0.4) is 0 Å². The van der Waals surface area contributed by atoms with Crippen LogP contribution in [-0.4, -0.2) is 29.9 Å². The monoisotopic (exact) mass is 225 g/mol. The highest BCUT2D eigenvalue weighted by Gasteiger charge is 2.25. The number of hydrogen-bond donors (Lipinski definition) is 2. The Labute approximate surface area is 99.9 Å². The van der Waals surface area contributed by atoms with E-state index < -0.39 is 0 Å². The van der Waals surface area contributed by atoms with E-state index in [1.54, 1.807) is 0 Å². The van der Waals surface area contributed by atoms with E-state index in [-0.39, 0.29) is 0 Å². The van der Waals surface area contributed by atoms with Gasteiger partial charge in [0.25, 0.3) is 0 Å². The minimum atomic E-state index is 0.331. The molecule has 0 amide bonds. The maximum atomic E-state index is 7.41. The van der Waals surface area contributed by atoms with Crippen molar-refractivity contribution < 1.29 is 0 Å². The maximum Gasteiger partial charge on any atom is 0.0921 e. The molecule has 0 saturated carbocycles.